The van der Waals surface area contributed by atoms with Gasteiger partial charge < -0.3 is 10.4 Å². The van der Waals surface area contributed by atoms with Gasteiger partial charge in [-0.3, -0.25) is 0 Å². The Morgan fingerprint density at radius 1 is 1.47 bits per heavy atom. The molecule has 1 unspecified atom stereocenters. The number of aromatic nitrogens is 2. The lowest BCUT2D eigenvalue weighted by Crippen LogP contribution is -2.22. The number of hydrogen-bond acceptors (Lipinski definition) is 5. The van der Waals surface area contributed by atoms with Crippen LogP contribution in [0.4, 0.5) is 18.3 Å². The molecule has 1 aromatic heterocycles. The van der Waals surface area contributed by atoms with E-state index in [-0.39, 0.29) is 17.8 Å². The molecular weight excluding hydrogens is 231 g/mol. The van der Waals surface area contributed by atoms with Gasteiger partial charge in [-0.1, -0.05) is 18.3 Å². The van der Waals surface area contributed by atoms with Crippen LogP contribution in [-0.2, 0) is 6.18 Å². The number of hydrogen-bond donors (Lipinski definition) is 2. The van der Waals surface area contributed by atoms with E-state index in [1.165, 1.54) is 0 Å². The van der Waals surface area contributed by atoms with Gasteiger partial charge in [-0.2, -0.15) is 13.2 Å². The minimum atomic E-state index is -4.46. The molecule has 0 aliphatic heterocycles. The summed E-state index contributed by atoms with van der Waals surface area (Å²) in [5.41, 5.74) is 0. The van der Waals surface area contributed by atoms with E-state index in [4.69, 9.17) is 5.11 Å². The smallest absolute Gasteiger partial charge is 0.394 e. The van der Waals surface area contributed by atoms with Gasteiger partial charge in [0.2, 0.25) is 10.1 Å². The average Bonchev–Trinajstić information content (AvgIpc) is 2.61. The highest BCUT2D eigenvalue weighted by molar-refractivity contribution is 7.15. The molecule has 0 saturated carbocycles. The molecule has 0 fully saturated rings. The molecule has 0 aliphatic carbocycles. The second-order valence-corrected chi connectivity index (χ2v) is 3.82. The van der Waals surface area contributed by atoms with E-state index in [2.05, 4.69) is 15.5 Å². The van der Waals surface area contributed by atoms with Crippen LogP contribution in [0.3, 0.4) is 0 Å². The van der Waals surface area contributed by atoms with Crippen LogP contribution >= 0.6 is 11.3 Å². The van der Waals surface area contributed by atoms with Crippen molar-refractivity contribution in [3.8, 4) is 0 Å². The molecule has 0 bridgehead atoms. The Bertz CT molecular complexity index is 311. The summed E-state index contributed by atoms with van der Waals surface area (Å²) >= 11 is 0.429. The number of aliphatic hydroxyl groups is 1. The lowest BCUT2D eigenvalue weighted by Gasteiger charge is -2.11. The number of alkyl halides is 3. The molecule has 0 saturated heterocycles. The number of aliphatic hydroxyl groups excluding tert-OH is 1. The Kier molecular flexibility index (Phi) is 3.86. The molecular formula is C7H10F3N3OS. The summed E-state index contributed by atoms with van der Waals surface area (Å²) in [6, 6.07) is -0.293. The summed E-state index contributed by atoms with van der Waals surface area (Å²) < 4.78 is 36.4. The first-order chi connectivity index (χ1) is 6.97. The van der Waals surface area contributed by atoms with Gasteiger partial charge in [0.15, 0.2) is 0 Å². The molecule has 0 aromatic carbocycles. The van der Waals surface area contributed by atoms with Gasteiger partial charge in [0.1, 0.15) is 0 Å². The predicted octanol–water partition coefficient (Wildman–Crippen LogP) is 1.74. The fourth-order valence-corrected chi connectivity index (χ4v) is 1.54. The molecule has 1 atom stereocenters. The highest BCUT2D eigenvalue weighted by Crippen LogP contribution is 2.33. The van der Waals surface area contributed by atoms with E-state index in [9.17, 15) is 13.2 Å². The topological polar surface area (TPSA) is 58.0 Å². The van der Waals surface area contributed by atoms with E-state index in [0.29, 0.717) is 17.8 Å². The molecule has 0 radical (unpaired) electrons. The molecule has 86 valence electrons. The number of nitrogens with one attached hydrogen (secondary N) is 1. The Morgan fingerprint density at radius 3 is 2.53 bits per heavy atom. The maximum atomic E-state index is 12.1. The van der Waals surface area contributed by atoms with Gasteiger partial charge in [0.05, 0.1) is 12.6 Å². The van der Waals surface area contributed by atoms with E-state index in [1.54, 1.807) is 6.92 Å². The van der Waals surface area contributed by atoms with Crippen molar-refractivity contribution in [2.45, 2.75) is 25.6 Å². The third-order valence-corrected chi connectivity index (χ3v) is 2.61. The molecule has 0 amide bonds. The summed E-state index contributed by atoms with van der Waals surface area (Å²) in [5, 5.41) is 16.9. The van der Waals surface area contributed by atoms with Crippen molar-refractivity contribution >= 4 is 16.5 Å². The molecule has 4 nitrogen and oxygen atoms in total. The van der Waals surface area contributed by atoms with Crippen LogP contribution in [0.1, 0.15) is 18.4 Å². The van der Waals surface area contributed by atoms with Crippen molar-refractivity contribution in [2.24, 2.45) is 0 Å². The SMILES string of the molecule is CCC(CO)Nc1nnc(C(F)(F)F)s1. The summed E-state index contributed by atoms with van der Waals surface area (Å²) in [6.45, 7) is 1.65. The molecule has 1 rings (SSSR count). The third-order valence-electron chi connectivity index (χ3n) is 1.71. The van der Waals surface area contributed by atoms with E-state index < -0.39 is 11.2 Å². The summed E-state index contributed by atoms with van der Waals surface area (Å²) in [7, 11) is 0. The maximum Gasteiger partial charge on any atom is 0.445 e. The highest BCUT2D eigenvalue weighted by atomic mass is 32.1. The number of nitrogens with zero attached hydrogens (tertiary/aromatic N) is 2. The fraction of sp³-hybridized carbons (Fsp3) is 0.714. The lowest BCUT2D eigenvalue weighted by atomic mass is 10.2. The standard InChI is InChI=1S/C7H10F3N3OS/c1-2-4(3-14)11-6-13-12-5(15-6)7(8,9)10/h4,14H,2-3H2,1H3,(H,11,13). The number of rotatable bonds is 4. The molecule has 1 heterocycles. The zero-order valence-corrected chi connectivity index (χ0v) is 8.69. The molecule has 2 N–H and O–H groups in total. The molecule has 8 heteroatoms. The highest BCUT2D eigenvalue weighted by Gasteiger charge is 2.35. The van der Waals surface area contributed by atoms with Crippen molar-refractivity contribution in [3.05, 3.63) is 5.01 Å². The first-order valence-electron chi connectivity index (χ1n) is 4.25. The van der Waals surface area contributed by atoms with E-state index in [1.807, 2.05) is 0 Å². The summed E-state index contributed by atoms with van der Waals surface area (Å²) in [5.74, 6) is 0. The Hall–Kier alpha value is -0.890. The van der Waals surface area contributed by atoms with Crippen LogP contribution < -0.4 is 5.32 Å². The summed E-state index contributed by atoms with van der Waals surface area (Å²) in [4.78, 5) is 0. The summed E-state index contributed by atoms with van der Waals surface area (Å²) in [6.07, 6.45) is -3.87. The van der Waals surface area contributed by atoms with E-state index in [0.717, 1.165) is 0 Å². The minimum absolute atomic E-state index is 0.0724. The lowest BCUT2D eigenvalue weighted by molar-refractivity contribution is -0.138. The molecule has 15 heavy (non-hydrogen) atoms. The molecule has 1 aromatic rings. The first-order valence-corrected chi connectivity index (χ1v) is 5.07. The van der Waals surface area contributed by atoms with Crippen LogP contribution in [0.15, 0.2) is 0 Å². The van der Waals surface area contributed by atoms with Crippen LogP contribution in [-0.4, -0.2) is 28.0 Å². The van der Waals surface area contributed by atoms with Crippen molar-refractivity contribution in [1.29, 1.82) is 0 Å². The second-order valence-electron chi connectivity index (χ2n) is 2.84. The van der Waals surface area contributed by atoms with Gasteiger partial charge in [-0.05, 0) is 6.42 Å². The number of halogens is 3. The Balaban J connectivity index is 2.68. The van der Waals surface area contributed by atoms with Crippen molar-refractivity contribution in [1.82, 2.24) is 10.2 Å². The van der Waals surface area contributed by atoms with Gasteiger partial charge in [0, 0.05) is 0 Å². The molecule has 0 spiro atoms. The van der Waals surface area contributed by atoms with Gasteiger partial charge >= 0.3 is 6.18 Å². The predicted molar refractivity (Wildman–Crippen MR) is 49.7 cm³/mol. The Labute approximate surface area is 88.1 Å². The first kappa shape index (κ1) is 12.2. The normalized spacial score (nSPS) is 13.9. The third kappa shape index (κ3) is 3.31. The quantitative estimate of drug-likeness (QED) is 0.843. The maximum absolute atomic E-state index is 12.1. The van der Waals surface area contributed by atoms with Gasteiger partial charge in [0.25, 0.3) is 0 Å². The van der Waals surface area contributed by atoms with Crippen LogP contribution in [0.2, 0.25) is 0 Å². The minimum Gasteiger partial charge on any atom is -0.394 e. The zero-order valence-electron chi connectivity index (χ0n) is 7.88. The number of anilines is 1. The van der Waals surface area contributed by atoms with Gasteiger partial charge in [-0.25, -0.2) is 0 Å². The zero-order chi connectivity index (χ0) is 11.5. The Morgan fingerprint density at radius 2 is 2.13 bits per heavy atom. The largest absolute Gasteiger partial charge is 0.445 e. The van der Waals surface area contributed by atoms with Crippen molar-refractivity contribution < 1.29 is 18.3 Å². The average molecular weight is 241 g/mol. The van der Waals surface area contributed by atoms with Crippen molar-refractivity contribution in [3.63, 3.8) is 0 Å². The van der Waals surface area contributed by atoms with Crippen LogP contribution in [0.25, 0.3) is 0 Å². The van der Waals surface area contributed by atoms with E-state index >= 15 is 0 Å². The van der Waals surface area contributed by atoms with Crippen LogP contribution in [0, 0.1) is 0 Å². The monoisotopic (exact) mass is 241 g/mol. The fourth-order valence-electron chi connectivity index (χ4n) is 0.848. The molecule has 0 aliphatic rings. The van der Waals surface area contributed by atoms with Crippen molar-refractivity contribution in [2.75, 3.05) is 11.9 Å². The van der Waals surface area contributed by atoms with Crippen LogP contribution in [0.5, 0.6) is 0 Å². The van der Waals surface area contributed by atoms with Gasteiger partial charge in [-0.15, -0.1) is 10.2 Å². The second kappa shape index (κ2) is 4.75.